The van der Waals surface area contributed by atoms with Crippen LogP contribution in [-0.4, -0.2) is 40.9 Å². The Morgan fingerprint density at radius 2 is 2.08 bits per heavy atom. The van der Waals surface area contributed by atoms with Gasteiger partial charge in [0.05, 0.1) is 0 Å². The van der Waals surface area contributed by atoms with E-state index in [-0.39, 0.29) is 17.6 Å². The van der Waals surface area contributed by atoms with Crippen molar-refractivity contribution in [1.82, 2.24) is 9.88 Å². The van der Waals surface area contributed by atoms with E-state index in [1.165, 1.54) is 23.1 Å². The minimum atomic E-state index is -0.164. The summed E-state index contributed by atoms with van der Waals surface area (Å²) in [6.07, 6.45) is 3.57. The molecule has 2 aromatic rings. The third-order valence-electron chi connectivity index (χ3n) is 4.08. The number of nitrogens with zero attached hydrogens (tertiary/aromatic N) is 2. The van der Waals surface area contributed by atoms with Gasteiger partial charge in [0.2, 0.25) is 0 Å². The number of ketones is 1. The third kappa shape index (κ3) is 3.82. The standard InChI is InChI=1S/C17H17ClN2O2S2/c1-23-17-19-14(10-24-17)16(22)20-8-2-3-12(9-20)15(21)11-4-6-13(18)7-5-11/h4-7,10,12H,2-3,8-9H2,1H3/t12-/m1/s1. The highest BCUT2D eigenvalue weighted by molar-refractivity contribution is 8.00. The van der Waals surface area contributed by atoms with E-state index in [9.17, 15) is 9.59 Å². The van der Waals surface area contributed by atoms with Gasteiger partial charge in [-0.2, -0.15) is 0 Å². The second-order valence-corrected chi connectivity index (χ2v) is 8.01. The molecule has 1 amide bonds. The number of thiazole rings is 1. The van der Waals surface area contributed by atoms with Crippen LogP contribution >= 0.6 is 34.7 Å². The number of piperidine rings is 1. The van der Waals surface area contributed by atoms with Crippen molar-refractivity contribution in [3.63, 3.8) is 0 Å². The molecule has 0 saturated carbocycles. The van der Waals surface area contributed by atoms with Crippen LogP contribution in [0.2, 0.25) is 5.02 Å². The fourth-order valence-electron chi connectivity index (χ4n) is 2.84. The van der Waals surface area contributed by atoms with E-state index < -0.39 is 0 Å². The highest BCUT2D eigenvalue weighted by atomic mass is 35.5. The number of hydrogen-bond donors (Lipinski definition) is 0. The Kier molecular flexibility index (Phi) is 5.58. The number of halogens is 1. The molecule has 0 radical (unpaired) electrons. The molecule has 126 valence electrons. The summed E-state index contributed by atoms with van der Waals surface area (Å²) in [7, 11) is 0. The van der Waals surface area contributed by atoms with Crippen LogP contribution in [0.4, 0.5) is 0 Å². The summed E-state index contributed by atoms with van der Waals surface area (Å²) in [5.41, 5.74) is 1.13. The maximum absolute atomic E-state index is 12.7. The smallest absolute Gasteiger partial charge is 0.273 e. The molecule has 3 rings (SSSR count). The number of aromatic nitrogens is 1. The number of rotatable bonds is 4. The van der Waals surface area contributed by atoms with Gasteiger partial charge >= 0.3 is 0 Å². The summed E-state index contributed by atoms with van der Waals surface area (Å²) in [5.74, 6) is -0.171. The molecule has 1 saturated heterocycles. The van der Waals surface area contributed by atoms with Gasteiger partial charge in [0.1, 0.15) is 10.0 Å². The molecule has 1 atom stereocenters. The Morgan fingerprint density at radius 3 is 2.75 bits per heavy atom. The van der Waals surface area contributed by atoms with Crippen molar-refractivity contribution in [2.24, 2.45) is 5.92 Å². The molecule has 24 heavy (non-hydrogen) atoms. The van der Waals surface area contributed by atoms with Gasteiger partial charge in [-0.15, -0.1) is 11.3 Å². The monoisotopic (exact) mass is 380 g/mol. The molecular formula is C17H17ClN2O2S2. The van der Waals surface area contributed by atoms with Crippen LogP contribution in [0.5, 0.6) is 0 Å². The summed E-state index contributed by atoms with van der Waals surface area (Å²) in [6.45, 7) is 1.13. The summed E-state index contributed by atoms with van der Waals surface area (Å²) in [4.78, 5) is 31.4. The summed E-state index contributed by atoms with van der Waals surface area (Å²) < 4.78 is 0.879. The molecule has 1 aromatic heterocycles. The predicted octanol–water partition coefficient (Wildman–Crippen LogP) is 4.25. The van der Waals surface area contributed by atoms with Gasteiger partial charge in [-0.25, -0.2) is 4.98 Å². The van der Waals surface area contributed by atoms with Crippen molar-refractivity contribution < 1.29 is 9.59 Å². The lowest BCUT2D eigenvalue weighted by molar-refractivity contribution is 0.0632. The van der Waals surface area contributed by atoms with Crippen molar-refractivity contribution in [3.05, 3.63) is 45.9 Å². The van der Waals surface area contributed by atoms with Crippen LogP contribution in [0, 0.1) is 5.92 Å². The van der Waals surface area contributed by atoms with Gasteiger partial charge in [-0.05, 0) is 43.4 Å². The first-order valence-corrected chi connectivity index (χ1v) is 10.2. The molecule has 0 bridgehead atoms. The lowest BCUT2D eigenvalue weighted by Crippen LogP contribution is -2.42. The molecule has 1 aliphatic rings. The third-order valence-corrected chi connectivity index (χ3v) is 6.20. The van der Waals surface area contributed by atoms with Crippen LogP contribution in [-0.2, 0) is 0 Å². The Labute approximate surface area is 154 Å². The van der Waals surface area contributed by atoms with Crippen molar-refractivity contribution in [2.45, 2.75) is 17.2 Å². The van der Waals surface area contributed by atoms with Crippen molar-refractivity contribution in [2.75, 3.05) is 19.3 Å². The van der Waals surface area contributed by atoms with E-state index in [1.807, 2.05) is 6.26 Å². The fraction of sp³-hybridized carbons (Fsp3) is 0.353. The molecule has 7 heteroatoms. The Balaban J connectivity index is 1.70. The topological polar surface area (TPSA) is 50.3 Å². The van der Waals surface area contributed by atoms with Crippen molar-refractivity contribution in [1.29, 1.82) is 0 Å². The average molecular weight is 381 g/mol. The zero-order chi connectivity index (χ0) is 17.1. The summed E-state index contributed by atoms with van der Waals surface area (Å²) >= 11 is 8.88. The number of hydrogen-bond acceptors (Lipinski definition) is 5. The normalized spacial score (nSPS) is 17.8. The highest BCUT2D eigenvalue weighted by Crippen LogP contribution is 2.25. The minimum Gasteiger partial charge on any atom is -0.337 e. The second-order valence-electron chi connectivity index (χ2n) is 5.66. The maximum Gasteiger partial charge on any atom is 0.273 e. The fourth-order valence-corrected chi connectivity index (χ4v) is 4.20. The van der Waals surface area contributed by atoms with Crippen molar-refractivity contribution >= 4 is 46.4 Å². The Hall–Kier alpha value is -1.37. The van der Waals surface area contributed by atoms with Crippen LogP contribution in [0.1, 0.15) is 33.7 Å². The van der Waals surface area contributed by atoms with E-state index in [4.69, 9.17) is 11.6 Å². The second kappa shape index (κ2) is 7.68. The molecule has 0 unspecified atom stereocenters. The lowest BCUT2D eigenvalue weighted by Gasteiger charge is -2.31. The number of carbonyl (C=O) groups excluding carboxylic acids is 2. The number of likely N-dealkylation sites (tertiary alicyclic amines) is 1. The quantitative estimate of drug-likeness (QED) is 0.587. The Morgan fingerprint density at radius 1 is 1.33 bits per heavy atom. The molecule has 0 N–H and O–H groups in total. The zero-order valence-corrected chi connectivity index (χ0v) is 15.6. The first-order chi connectivity index (χ1) is 11.6. The average Bonchev–Trinajstić information content (AvgIpc) is 3.10. The predicted molar refractivity (Wildman–Crippen MR) is 98.3 cm³/mol. The van der Waals surface area contributed by atoms with Crippen LogP contribution in [0.3, 0.4) is 0 Å². The van der Waals surface area contributed by atoms with Gasteiger partial charge in [-0.1, -0.05) is 23.4 Å². The van der Waals surface area contributed by atoms with E-state index in [0.29, 0.717) is 29.4 Å². The Bertz CT molecular complexity index is 745. The molecule has 1 aromatic carbocycles. The molecule has 2 heterocycles. The van der Waals surface area contributed by atoms with Crippen LogP contribution < -0.4 is 0 Å². The zero-order valence-electron chi connectivity index (χ0n) is 13.2. The van der Waals surface area contributed by atoms with Gasteiger partial charge < -0.3 is 4.90 Å². The number of benzene rings is 1. The van der Waals surface area contributed by atoms with Crippen molar-refractivity contribution in [3.8, 4) is 0 Å². The number of carbonyl (C=O) groups is 2. The SMILES string of the molecule is CSc1nc(C(=O)N2CCC[C@@H](C(=O)c3ccc(Cl)cc3)C2)cs1. The van der Waals surface area contributed by atoms with Gasteiger partial charge in [0.15, 0.2) is 5.78 Å². The van der Waals surface area contributed by atoms with Crippen LogP contribution in [0.15, 0.2) is 34.0 Å². The lowest BCUT2D eigenvalue weighted by atomic mass is 9.90. The molecule has 1 aliphatic heterocycles. The van der Waals surface area contributed by atoms with E-state index in [2.05, 4.69) is 4.98 Å². The number of amides is 1. The molecule has 0 aliphatic carbocycles. The number of Topliss-reactive ketones (excluding diaryl/α,β-unsaturated/α-hetero) is 1. The summed E-state index contributed by atoms with van der Waals surface area (Å²) in [5, 5.41) is 2.40. The van der Waals surface area contributed by atoms with Gasteiger partial charge in [0, 0.05) is 35.0 Å². The van der Waals surface area contributed by atoms with Crippen LogP contribution in [0.25, 0.3) is 0 Å². The van der Waals surface area contributed by atoms with E-state index in [0.717, 1.165) is 17.2 Å². The summed E-state index contributed by atoms with van der Waals surface area (Å²) in [6, 6.07) is 6.94. The number of thioether (sulfide) groups is 1. The van der Waals surface area contributed by atoms with Gasteiger partial charge in [0.25, 0.3) is 5.91 Å². The van der Waals surface area contributed by atoms with Gasteiger partial charge in [-0.3, -0.25) is 9.59 Å². The maximum atomic E-state index is 12.7. The molecule has 4 nitrogen and oxygen atoms in total. The first kappa shape index (κ1) is 17.5. The molecule has 1 fully saturated rings. The largest absolute Gasteiger partial charge is 0.337 e. The minimum absolute atomic E-state index is 0.0762. The van der Waals surface area contributed by atoms with E-state index in [1.54, 1.807) is 34.5 Å². The van der Waals surface area contributed by atoms with E-state index >= 15 is 0 Å². The molecule has 0 spiro atoms. The highest BCUT2D eigenvalue weighted by Gasteiger charge is 2.30. The molecular weight excluding hydrogens is 364 g/mol. The first-order valence-electron chi connectivity index (χ1n) is 7.67.